The molecule has 0 spiro atoms. The standard InChI is InChI=1S/C14H19ClN2O/c1-10-12(6-4-8-16-10)14(18)17-13-7-3-2-5-11(13)9-15/h4,6,8,11,13H,2-3,5,7,9H2,1H3,(H,17,18). The maximum absolute atomic E-state index is 12.2. The number of halogens is 1. The van der Waals surface area contributed by atoms with Crippen molar-refractivity contribution in [3.8, 4) is 0 Å². The van der Waals surface area contributed by atoms with E-state index in [2.05, 4.69) is 10.3 Å². The Balaban J connectivity index is 2.04. The summed E-state index contributed by atoms with van der Waals surface area (Å²) in [6.45, 7) is 1.86. The number of carbonyl (C=O) groups excluding carboxylic acids is 1. The third kappa shape index (κ3) is 3.02. The van der Waals surface area contributed by atoms with E-state index < -0.39 is 0 Å². The molecule has 2 atom stereocenters. The van der Waals surface area contributed by atoms with Crippen molar-refractivity contribution in [3.63, 3.8) is 0 Å². The van der Waals surface area contributed by atoms with E-state index in [9.17, 15) is 4.79 Å². The van der Waals surface area contributed by atoms with Crippen LogP contribution in [0.4, 0.5) is 0 Å². The summed E-state index contributed by atoms with van der Waals surface area (Å²) >= 11 is 5.97. The number of carbonyl (C=O) groups is 1. The summed E-state index contributed by atoms with van der Waals surface area (Å²) in [6.07, 6.45) is 6.23. The summed E-state index contributed by atoms with van der Waals surface area (Å²) in [5.41, 5.74) is 1.43. The molecule has 3 nitrogen and oxygen atoms in total. The Morgan fingerprint density at radius 1 is 1.50 bits per heavy atom. The Bertz CT molecular complexity index is 422. The van der Waals surface area contributed by atoms with E-state index in [1.54, 1.807) is 12.3 Å². The molecule has 1 aromatic heterocycles. The maximum atomic E-state index is 12.2. The molecule has 0 radical (unpaired) electrons. The molecular weight excluding hydrogens is 248 g/mol. The number of nitrogens with one attached hydrogen (secondary N) is 1. The molecule has 0 aromatic carbocycles. The summed E-state index contributed by atoms with van der Waals surface area (Å²) in [7, 11) is 0. The molecular formula is C14H19ClN2O. The Hall–Kier alpha value is -1.09. The van der Waals surface area contributed by atoms with E-state index in [0.717, 1.165) is 18.5 Å². The maximum Gasteiger partial charge on any atom is 0.253 e. The van der Waals surface area contributed by atoms with Crippen molar-refractivity contribution in [3.05, 3.63) is 29.6 Å². The van der Waals surface area contributed by atoms with Crippen LogP contribution in [0.25, 0.3) is 0 Å². The van der Waals surface area contributed by atoms with Crippen molar-refractivity contribution in [1.82, 2.24) is 10.3 Å². The Morgan fingerprint density at radius 2 is 2.28 bits per heavy atom. The molecule has 1 heterocycles. The van der Waals surface area contributed by atoms with Crippen molar-refractivity contribution in [2.75, 3.05) is 5.88 Å². The molecule has 1 aromatic rings. The number of rotatable bonds is 3. The molecule has 0 aliphatic heterocycles. The highest BCUT2D eigenvalue weighted by Gasteiger charge is 2.26. The first-order chi connectivity index (χ1) is 8.72. The predicted octanol–water partition coefficient (Wildman–Crippen LogP) is 2.92. The second kappa shape index (κ2) is 6.19. The van der Waals surface area contributed by atoms with Gasteiger partial charge in [0.15, 0.2) is 0 Å². The third-order valence-corrected chi connectivity index (χ3v) is 4.07. The minimum Gasteiger partial charge on any atom is -0.349 e. The SMILES string of the molecule is Cc1ncccc1C(=O)NC1CCCCC1CCl. The second-order valence-corrected chi connectivity index (χ2v) is 5.22. The van der Waals surface area contributed by atoms with Gasteiger partial charge in [0.1, 0.15) is 0 Å². The summed E-state index contributed by atoms with van der Waals surface area (Å²) in [5, 5.41) is 3.11. The number of aryl methyl sites for hydroxylation is 1. The van der Waals surface area contributed by atoms with Gasteiger partial charge in [-0.2, -0.15) is 0 Å². The van der Waals surface area contributed by atoms with Gasteiger partial charge in [0.05, 0.1) is 5.56 Å². The van der Waals surface area contributed by atoms with Crippen LogP contribution in [-0.4, -0.2) is 22.8 Å². The van der Waals surface area contributed by atoms with Crippen LogP contribution in [0, 0.1) is 12.8 Å². The quantitative estimate of drug-likeness (QED) is 0.855. The van der Waals surface area contributed by atoms with Crippen LogP contribution >= 0.6 is 11.6 Å². The van der Waals surface area contributed by atoms with Crippen molar-refractivity contribution in [2.45, 2.75) is 38.6 Å². The number of amides is 1. The summed E-state index contributed by atoms with van der Waals surface area (Å²) in [6, 6.07) is 3.82. The normalized spacial score (nSPS) is 23.7. The highest BCUT2D eigenvalue weighted by Crippen LogP contribution is 2.25. The molecule has 0 saturated heterocycles. The molecule has 2 unspecified atom stereocenters. The van der Waals surface area contributed by atoms with Crippen LogP contribution in [0.15, 0.2) is 18.3 Å². The minimum atomic E-state index is -0.0254. The Kier molecular flexibility index (Phi) is 4.59. The predicted molar refractivity (Wildman–Crippen MR) is 72.9 cm³/mol. The van der Waals surface area contributed by atoms with Crippen molar-refractivity contribution >= 4 is 17.5 Å². The third-order valence-electron chi connectivity index (χ3n) is 3.68. The van der Waals surface area contributed by atoms with Gasteiger partial charge in [0.2, 0.25) is 0 Å². The van der Waals surface area contributed by atoms with Crippen molar-refractivity contribution in [1.29, 1.82) is 0 Å². The molecule has 1 fully saturated rings. The highest BCUT2D eigenvalue weighted by molar-refractivity contribution is 6.18. The average molecular weight is 267 g/mol. The van der Waals surface area contributed by atoms with Crippen LogP contribution in [0.1, 0.15) is 41.7 Å². The van der Waals surface area contributed by atoms with Gasteiger partial charge in [0.25, 0.3) is 5.91 Å². The van der Waals surface area contributed by atoms with E-state index in [-0.39, 0.29) is 11.9 Å². The second-order valence-electron chi connectivity index (χ2n) is 4.92. The molecule has 1 aliphatic rings. The van der Waals surface area contributed by atoms with Crippen LogP contribution < -0.4 is 5.32 Å². The molecule has 18 heavy (non-hydrogen) atoms. The lowest BCUT2D eigenvalue weighted by molar-refractivity contribution is 0.0910. The monoisotopic (exact) mass is 266 g/mol. The summed E-state index contributed by atoms with van der Waals surface area (Å²) in [5.74, 6) is 1.00. The number of hydrogen-bond donors (Lipinski definition) is 1. The van der Waals surface area contributed by atoms with Crippen LogP contribution in [-0.2, 0) is 0 Å². The fourth-order valence-electron chi connectivity index (χ4n) is 2.55. The van der Waals surface area contributed by atoms with Crippen molar-refractivity contribution < 1.29 is 4.79 Å². The molecule has 0 bridgehead atoms. The van der Waals surface area contributed by atoms with E-state index in [1.807, 2.05) is 13.0 Å². The first kappa shape index (κ1) is 13.3. The number of nitrogens with zero attached hydrogens (tertiary/aromatic N) is 1. The van der Waals surface area contributed by atoms with Gasteiger partial charge in [-0.25, -0.2) is 0 Å². The van der Waals surface area contributed by atoms with Gasteiger partial charge in [-0.1, -0.05) is 12.8 Å². The number of pyridine rings is 1. The summed E-state index contributed by atoms with van der Waals surface area (Å²) < 4.78 is 0. The smallest absolute Gasteiger partial charge is 0.253 e. The minimum absolute atomic E-state index is 0.0254. The van der Waals surface area contributed by atoms with Gasteiger partial charge >= 0.3 is 0 Å². The lowest BCUT2D eigenvalue weighted by Gasteiger charge is -2.30. The topological polar surface area (TPSA) is 42.0 Å². The number of hydrogen-bond acceptors (Lipinski definition) is 2. The van der Waals surface area contributed by atoms with Gasteiger partial charge in [0, 0.05) is 23.8 Å². The fraction of sp³-hybridized carbons (Fsp3) is 0.571. The summed E-state index contributed by atoms with van der Waals surface area (Å²) in [4.78, 5) is 16.3. The van der Waals surface area contributed by atoms with E-state index in [1.165, 1.54) is 12.8 Å². The molecule has 1 amide bonds. The van der Waals surface area contributed by atoms with Gasteiger partial charge in [-0.3, -0.25) is 9.78 Å². The van der Waals surface area contributed by atoms with Crippen LogP contribution in [0.3, 0.4) is 0 Å². The first-order valence-electron chi connectivity index (χ1n) is 6.51. The molecule has 2 rings (SSSR count). The highest BCUT2D eigenvalue weighted by atomic mass is 35.5. The zero-order valence-electron chi connectivity index (χ0n) is 10.7. The lowest BCUT2D eigenvalue weighted by atomic mass is 9.85. The number of aromatic nitrogens is 1. The van der Waals surface area contributed by atoms with Crippen LogP contribution in [0.2, 0.25) is 0 Å². The lowest BCUT2D eigenvalue weighted by Crippen LogP contribution is -2.43. The zero-order chi connectivity index (χ0) is 13.0. The molecule has 1 N–H and O–H groups in total. The van der Waals surface area contributed by atoms with E-state index in [0.29, 0.717) is 17.4 Å². The van der Waals surface area contributed by atoms with Crippen molar-refractivity contribution in [2.24, 2.45) is 5.92 Å². The molecule has 98 valence electrons. The zero-order valence-corrected chi connectivity index (χ0v) is 11.4. The molecule has 4 heteroatoms. The van der Waals surface area contributed by atoms with Crippen LogP contribution in [0.5, 0.6) is 0 Å². The van der Waals surface area contributed by atoms with E-state index >= 15 is 0 Å². The largest absolute Gasteiger partial charge is 0.349 e. The fourth-order valence-corrected chi connectivity index (χ4v) is 2.92. The Morgan fingerprint density at radius 3 is 3.00 bits per heavy atom. The van der Waals surface area contributed by atoms with Gasteiger partial charge in [-0.15, -0.1) is 11.6 Å². The molecule has 1 saturated carbocycles. The average Bonchev–Trinajstić information content (AvgIpc) is 2.39. The van der Waals surface area contributed by atoms with E-state index in [4.69, 9.17) is 11.6 Å². The number of alkyl halides is 1. The van der Waals surface area contributed by atoms with Gasteiger partial charge < -0.3 is 5.32 Å². The van der Waals surface area contributed by atoms with Gasteiger partial charge in [-0.05, 0) is 37.8 Å². The molecule has 1 aliphatic carbocycles. The Labute approximate surface area is 113 Å². The first-order valence-corrected chi connectivity index (χ1v) is 7.04.